The lowest BCUT2D eigenvalue weighted by Gasteiger charge is -2.18. The first-order valence-corrected chi connectivity index (χ1v) is 4.26. The lowest BCUT2D eigenvalue weighted by atomic mass is 10.1. The van der Waals surface area contributed by atoms with Crippen LogP contribution in [0, 0.1) is 0 Å². The Hall–Kier alpha value is -0.890. The third-order valence-electron chi connectivity index (χ3n) is 2.32. The van der Waals surface area contributed by atoms with Crippen molar-refractivity contribution in [1.82, 2.24) is 9.88 Å². The van der Waals surface area contributed by atoms with E-state index in [1.807, 2.05) is 12.1 Å². The highest BCUT2D eigenvalue weighted by molar-refractivity contribution is 5.14. The Balaban J connectivity index is 2.23. The van der Waals surface area contributed by atoms with E-state index in [0.717, 1.165) is 18.4 Å². The molecule has 2 heteroatoms. The van der Waals surface area contributed by atoms with Gasteiger partial charge in [0.1, 0.15) is 0 Å². The first-order valence-electron chi connectivity index (χ1n) is 5.76. The largest absolute Gasteiger partial charge is 0.299 e. The molecule has 0 aliphatic carbocycles. The molecule has 0 bridgehead atoms. The Morgan fingerprint density at radius 3 is 3.50 bits per heavy atom. The fourth-order valence-electron chi connectivity index (χ4n) is 1.69. The van der Waals surface area contributed by atoms with E-state index >= 15 is 0 Å². The molecule has 0 spiro atoms. The molecule has 0 radical (unpaired) electrons. The molecule has 1 aromatic rings. The van der Waals surface area contributed by atoms with E-state index in [0.29, 0.717) is 6.54 Å². The van der Waals surface area contributed by atoms with Gasteiger partial charge in [-0.25, -0.2) is 0 Å². The van der Waals surface area contributed by atoms with Crippen molar-refractivity contribution in [2.75, 3.05) is 13.5 Å². The molecule has 1 aromatic heterocycles. The molecule has 0 aromatic carbocycles. The van der Waals surface area contributed by atoms with Gasteiger partial charge in [0.15, 0.2) is 0 Å². The van der Waals surface area contributed by atoms with E-state index in [9.17, 15) is 0 Å². The molecule has 2 nitrogen and oxygen atoms in total. The zero-order chi connectivity index (χ0) is 10.9. The molecule has 1 atom stereocenters. The van der Waals surface area contributed by atoms with E-state index in [1.54, 1.807) is 17.3 Å². The predicted octanol–water partition coefficient (Wildman–Crippen LogP) is 1.85. The van der Waals surface area contributed by atoms with E-state index in [2.05, 4.69) is 4.98 Å². The summed E-state index contributed by atoms with van der Waals surface area (Å²) >= 11 is 0. The lowest BCUT2D eigenvalue weighted by molar-refractivity contribution is 0.317. The lowest BCUT2D eigenvalue weighted by Crippen LogP contribution is -2.17. The Kier molecular flexibility index (Phi) is 1.34. The van der Waals surface area contributed by atoms with Crippen LogP contribution in [0.1, 0.15) is 28.6 Å². The summed E-state index contributed by atoms with van der Waals surface area (Å²) in [5.41, 5.74) is 1.01. The van der Waals surface area contributed by atoms with E-state index in [1.165, 1.54) is 0 Å². The first-order chi connectivity index (χ1) is 7.09. The summed E-state index contributed by atoms with van der Waals surface area (Å²) in [5, 5.41) is 0. The monoisotopic (exact) mass is 165 g/mol. The molecule has 0 saturated carbocycles. The van der Waals surface area contributed by atoms with Crippen LogP contribution in [0.5, 0.6) is 0 Å². The maximum Gasteiger partial charge on any atom is 0.0394 e. The SMILES string of the molecule is [2H]C([2H])([2H])N1CCCC1c1cccnc1. The molecule has 1 fully saturated rings. The summed E-state index contributed by atoms with van der Waals surface area (Å²) in [6, 6.07) is 3.80. The highest BCUT2D eigenvalue weighted by atomic mass is 15.1. The topological polar surface area (TPSA) is 16.1 Å². The minimum Gasteiger partial charge on any atom is -0.299 e. The standard InChI is InChI=1S/C10H14N2/c1-12-7-3-5-10(12)9-4-2-6-11-8-9/h2,4,6,8,10H,3,5,7H2,1H3/i1D3. The van der Waals surface area contributed by atoms with Crippen LogP contribution >= 0.6 is 0 Å². The number of nitrogens with zero attached hydrogens (tertiary/aromatic N) is 2. The number of aromatic nitrogens is 1. The Labute approximate surface area is 77.4 Å². The summed E-state index contributed by atoms with van der Waals surface area (Å²) in [6.07, 6.45) is 5.31. The van der Waals surface area contributed by atoms with Crippen LogP contribution in [-0.2, 0) is 0 Å². The molecule has 64 valence electrons. The van der Waals surface area contributed by atoms with Crippen molar-refractivity contribution in [3.05, 3.63) is 30.1 Å². The first kappa shape index (κ1) is 4.97. The zero-order valence-electron chi connectivity index (χ0n) is 9.90. The minimum atomic E-state index is -1.99. The Morgan fingerprint density at radius 1 is 1.75 bits per heavy atom. The van der Waals surface area contributed by atoms with Gasteiger partial charge >= 0.3 is 0 Å². The molecule has 1 unspecified atom stereocenters. The summed E-state index contributed by atoms with van der Waals surface area (Å²) in [5.74, 6) is 0. The van der Waals surface area contributed by atoms with Gasteiger partial charge in [-0.3, -0.25) is 9.88 Å². The van der Waals surface area contributed by atoms with Crippen molar-refractivity contribution < 1.29 is 4.11 Å². The maximum absolute atomic E-state index is 7.45. The van der Waals surface area contributed by atoms with Crippen LogP contribution in [-0.4, -0.2) is 23.4 Å². The van der Waals surface area contributed by atoms with Crippen LogP contribution < -0.4 is 0 Å². The van der Waals surface area contributed by atoms with Crippen molar-refractivity contribution in [3.8, 4) is 0 Å². The number of hydrogen-bond donors (Lipinski definition) is 0. The second-order valence-corrected chi connectivity index (χ2v) is 3.14. The number of hydrogen-bond acceptors (Lipinski definition) is 2. The van der Waals surface area contributed by atoms with Crippen molar-refractivity contribution in [1.29, 1.82) is 0 Å². The van der Waals surface area contributed by atoms with Crippen molar-refractivity contribution in [3.63, 3.8) is 0 Å². The van der Waals surface area contributed by atoms with Gasteiger partial charge in [0.05, 0.1) is 0 Å². The highest BCUT2D eigenvalue weighted by Gasteiger charge is 2.21. The van der Waals surface area contributed by atoms with Gasteiger partial charge in [-0.2, -0.15) is 0 Å². The van der Waals surface area contributed by atoms with Gasteiger partial charge in [0.25, 0.3) is 0 Å². The van der Waals surface area contributed by atoms with Crippen molar-refractivity contribution in [2.24, 2.45) is 0 Å². The van der Waals surface area contributed by atoms with Crippen LogP contribution in [0.25, 0.3) is 0 Å². The zero-order valence-corrected chi connectivity index (χ0v) is 6.90. The van der Waals surface area contributed by atoms with Crippen LogP contribution in [0.4, 0.5) is 0 Å². The van der Waals surface area contributed by atoms with E-state index in [4.69, 9.17) is 4.11 Å². The minimum absolute atomic E-state index is 0.00574. The molecular formula is C10H14N2. The normalized spacial score (nSPS) is 29.3. The van der Waals surface area contributed by atoms with Crippen LogP contribution in [0.2, 0.25) is 0 Å². The number of pyridine rings is 1. The van der Waals surface area contributed by atoms with Gasteiger partial charge in [-0.1, -0.05) is 6.07 Å². The van der Waals surface area contributed by atoms with Gasteiger partial charge in [-0.05, 0) is 38.0 Å². The highest BCUT2D eigenvalue weighted by Crippen LogP contribution is 2.29. The van der Waals surface area contributed by atoms with Crippen molar-refractivity contribution in [2.45, 2.75) is 18.9 Å². The second kappa shape index (κ2) is 3.23. The molecule has 0 N–H and O–H groups in total. The van der Waals surface area contributed by atoms with Crippen LogP contribution in [0.15, 0.2) is 24.5 Å². The summed E-state index contributed by atoms with van der Waals surface area (Å²) in [6.45, 7) is -1.34. The van der Waals surface area contributed by atoms with E-state index in [-0.39, 0.29) is 6.04 Å². The molecule has 2 rings (SSSR count). The quantitative estimate of drug-likeness (QED) is 0.631. The predicted molar refractivity (Wildman–Crippen MR) is 48.8 cm³/mol. The third-order valence-corrected chi connectivity index (χ3v) is 2.32. The summed E-state index contributed by atoms with van der Waals surface area (Å²) in [7, 11) is 0. The van der Waals surface area contributed by atoms with Gasteiger partial charge in [-0.15, -0.1) is 0 Å². The van der Waals surface area contributed by atoms with E-state index < -0.39 is 6.98 Å². The second-order valence-electron chi connectivity index (χ2n) is 3.14. The molecule has 2 heterocycles. The molecule has 1 saturated heterocycles. The van der Waals surface area contributed by atoms with Gasteiger partial charge < -0.3 is 0 Å². The number of rotatable bonds is 1. The fourth-order valence-corrected chi connectivity index (χ4v) is 1.69. The molecular weight excluding hydrogens is 148 g/mol. The summed E-state index contributed by atoms with van der Waals surface area (Å²) < 4.78 is 22.3. The third kappa shape index (κ3) is 1.34. The van der Waals surface area contributed by atoms with Crippen molar-refractivity contribution >= 4 is 0 Å². The van der Waals surface area contributed by atoms with Gasteiger partial charge in [0, 0.05) is 22.5 Å². The fraction of sp³-hybridized carbons (Fsp3) is 0.500. The Bertz CT molecular complexity index is 323. The van der Waals surface area contributed by atoms with Gasteiger partial charge in [0.2, 0.25) is 0 Å². The average molecular weight is 165 g/mol. The number of likely N-dealkylation sites (tertiary alicyclic amines) is 1. The molecule has 0 amide bonds. The molecule has 1 aliphatic heterocycles. The van der Waals surface area contributed by atoms with Crippen LogP contribution in [0.3, 0.4) is 0 Å². The smallest absolute Gasteiger partial charge is 0.0394 e. The summed E-state index contributed by atoms with van der Waals surface area (Å²) in [4.78, 5) is 5.62. The average Bonchev–Trinajstić information content (AvgIpc) is 2.67. The Morgan fingerprint density at radius 2 is 2.75 bits per heavy atom. The maximum atomic E-state index is 7.45. The molecule has 1 aliphatic rings. The molecule has 12 heavy (non-hydrogen) atoms.